The lowest BCUT2D eigenvalue weighted by atomic mass is 10.1. The van der Waals surface area contributed by atoms with Gasteiger partial charge in [0.05, 0.1) is 16.9 Å². The van der Waals surface area contributed by atoms with Crippen LogP contribution in [0.15, 0.2) is 65.7 Å². The topological polar surface area (TPSA) is 63.0 Å². The van der Waals surface area contributed by atoms with Gasteiger partial charge in [-0.2, -0.15) is 0 Å². The number of piperazine rings is 1. The van der Waals surface area contributed by atoms with Gasteiger partial charge in [0, 0.05) is 56.1 Å². The summed E-state index contributed by atoms with van der Waals surface area (Å²) in [6, 6.07) is 13.4. The third-order valence-corrected chi connectivity index (χ3v) is 6.07. The van der Waals surface area contributed by atoms with E-state index >= 15 is 0 Å². The molecule has 158 valence electrons. The Balaban J connectivity index is 1.13. The number of pyridine rings is 1. The number of hydrogen-bond donors (Lipinski definition) is 0. The molecule has 4 heterocycles. The molecule has 1 fully saturated rings. The Kier molecular flexibility index (Phi) is 5.64. The van der Waals surface area contributed by atoms with E-state index in [0.717, 1.165) is 42.4 Å². The van der Waals surface area contributed by atoms with Crippen LogP contribution in [0.2, 0.25) is 0 Å². The molecule has 0 atom stereocenters. The Morgan fingerprint density at radius 2 is 1.87 bits per heavy atom. The molecular formula is C23H23N5O2S. The summed E-state index contributed by atoms with van der Waals surface area (Å²) in [5.74, 6) is 0.806. The lowest BCUT2D eigenvalue weighted by Crippen LogP contribution is -2.48. The summed E-state index contributed by atoms with van der Waals surface area (Å²) < 4.78 is 7.77. The largest absolute Gasteiger partial charge is 0.487 e. The van der Waals surface area contributed by atoms with E-state index in [1.165, 1.54) is 0 Å². The van der Waals surface area contributed by atoms with Crippen LogP contribution in [-0.2, 0) is 13.2 Å². The molecule has 0 N–H and O–H groups in total. The summed E-state index contributed by atoms with van der Waals surface area (Å²) in [6.45, 7) is 4.35. The van der Waals surface area contributed by atoms with E-state index in [1.807, 2.05) is 63.3 Å². The molecule has 1 aliphatic heterocycles. The van der Waals surface area contributed by atoms with Crippen LogP contribution < -0.4 is 4.74 Å². The number of thiazole rings is 1. The summed E-state index contributed by atoms with van der Waals surface area (Å²) in [5, 5.41) is 1.96. The van der Waals surface area contributed by atoms with Crippen molar-refractivity contribution in [2.45, 2.75) is 13.2 Å². The molecule has 4 aromatic rings. The summed E-state index contributed by atoms with van der Waals surface area (Å²) in [6.07, 6.45) is 4.09. The predicted molar refractivity (Wildman–Crippen MR) is 119 cm³/mol. The maximum Gasteiger partial charge on any atom is 0.253 e. The molecule has 0 saturated carbocycles. The van der Waals surface area contributed by atoms with Crippen LogP contribution in [0.5, 0.6) is 5.75 Å². The Bertz CT molecular complexity index is 1120. The van der Waals surface area contributed by atoms with Crippen molar-refractivity contribution in [1.82, 2.24) is 24.2 Å². The first-order chi connectivity index (χ1) is 15.2. The van der Waals surface area contributed by atoms with Crippen LogP contribution in [0.3, 0.4) is 0 Å². The molecule has 0 bridgehead atoms. The number of carbonyl (C=O) groups excluding carboxylic acids is 1. The van der Waals surface area contributed by atoms with Gasteiger partial charge in [-0.3, -0.25) is 9.69 Å². The first-order valence-electron chi connectivity index (χ1n) is 10.3. The minimum Gasteiger partial charge on any atom is -0.487 e. The average molecular weight is 434 g/mol. The number of imidazole rings is 1. The minimum atomic E-state index is 0.0680. The van der Waals surface area contributed by atoms with Crippen molar-refractivity contribution >= 4 is 22.9 Å². The SMILES string of the molecule is O=C(c1ccc(OCc2cscn2)cc1)N1CCN(Cc2cn3ccccc3n2)CC1. The van der Waals surface area contributed by atoms with E-state index in [-0.39, 0.29) is 5.91 Å². The molecule has 3 aromatic heterocycles. The number of rotatable bonds is 6. The molecular weight excluding hydrogens is 410 g/mol. The van der Waals surface area contributed by atoms with E-state index < -0.39 is 0 Å². The Labute approximate surface area is 184 Å². The van der Waals surface area contributed by atoms with Crippen LogP contribution >= 0.6 is 11.3 Å². The molecule has 0 radical (unpaired) electrons. The second-order valence-corrected chi connectivity index (χ2v) is 8.28. The third-order valence-electron chi connectivity index (χ3n) is 5.43. The zero-order chi connectivity index (χ0) is 21.0. The van der Waals surface area contributed by atoms with Crippen molar-refractivity contribution in [3.8, 4) is 5.75 Å². The van der Waals surface area contributed by atoms with Gasteiger partial charge in [-0.25, -0.2) is 9.97 Å². The normalized spacial score (nSPS) is 14.8. The molecule has 5 rings (SSSR count). The zero-order valence-corrected chi connectivity index (χ0v) is 17.9. The van der Waals surface area contributed by atoms with Crippen LogP contribution in [-0.4, -0.2) is 56.3 Å². The van der Waals surface area contributed by atoms with Crippen LogP contribution in [0.1, 0.15) is 21.7 Å². The van der Waals surface area contributed by atoms with Gasteiger partial charge in [0.15, 0.2) is 0 Å². The third kappa shape index (κ3) is 4.60. The number of ether oxygens (including phenoxy) is 1. The highest BCUT2D eigenvalue weighted by Crippen LogP contribution is 2.17. The van der Waals surface area contributed by atoms with Crippen molar-refractivity contribution < 1.29 is 9.53 Å². The first kappa shape index (κ1) is 19.7. The second kappa shape index (κ2) is 8.87. The van der Waals surface area contributed by atoms with E-state index in [9.17, 15) is 4.79 Å². The van der Waals surface area contributed by atoms with Gasteiger partial charge < -0.3 is 14.0 Å². The summed E-state index contributed by atoms with van der Waals surface area (Å²) in [7, 11) is 0. The standard InChI is InChI=1S/C23H23N5O2S/c29-23(18-4-6-21(7-5-18)30-15-20-16-31-17-24-20)27-11-9-26(10-12-27)13-19-14-28-8-2-1-3-22(28)25-19/h1-8,14,16-17H,9-13,15H2. The Morgan fingerprint density at radius 1 is 1.03 bits per heavy atom. The maximum atomic E-state index is 12.9. The molecule has 0 spiro atoms. The minimum absolute atomic E-state index is 0.0680. The number of hydrogen-bond acceptors (Lipinski definition) is 6. The van der Waals surface area contributed by atoms with Gasteiger partial charge in [0.2, 0.25) is 0 Å². The molecule has 1 amide bonds. The van der Waals surface area contributed by atoms with E-state index in [4.69, 9.17) is 4.74 Å². The maximum absolute atomic E-state index is 12.9. The van der Waals surface area contributed by atoms with Gasteiger partial charge in [0.1, 0.15) is 18.0 Å². The molecule has 8 heteroatoms. The Morgan fingerprint density at radius 3 is 2.61 bits per heavy atom. The fraction of sp³-hybridized carbons (Fsp3) is 0.261. The molecule has 0 aliphatic carbocycles. The quantitative estimate of drug-likeness (QED) is 0.467. The summed E-state index contributed by atoms with van der Waals surface area (Å²) >= 11 is 1.55. The van der Waals surface area contributed by atoms with Crippen LogP contribution in [0.4, 0.5) is 0 Å². The molecule has 1 aliphatic rings. The van der Waals surface area contributed by atoms with Crippen molar-refractivity contribution in [2.24, 2.45) is 0 Å². The second-order valence-electron chi connectivity index (χ2n) is 7.56. The van der Waals surface area contributed by atoms with E-state index in [1.54, 1.807) is 16.8 Å². The van der Waals surface area contributed by atoms with Gasteiger partial charge in [0.25, 0.3) is 5.91 Å². The first-order valence-corrected chi connectivity index (χ1v) is 11.2. The van der Waals surface area contributed by atoms with Gasteiger partial charge in [-0.05, 0) is 36.4 Å². The molecule has 1 aromatic carbocycles. The molecule has 31 heavy (non-hydrogen) atoms. The monoisotopic (exact) mass is 433 g/mol. The highest BCUT2D eigenvalue weighted by molar-refractivity contribution is 7.07. The van der Waals surface area contributed by atoms with Crippen molar-refractivity contribution in [1.29, 1.82) is 0 Å². The average Bonchev–Trinajstić information content (AvgIpc) is 3.47. The highest BCUT2D eigenvalue weighted by atomic mass is 32.1. The van der Waals surface area contributed by atoms with E-state index in [2.05, 4.69) is 21.1 Å². The number of aromatic nitrogens is 3. The van der Waals surface area contributed by atoms with Gasteiger partial charge in [-0.15, -0.1) is 11.3 Å². The highest BCUT2D eigenvalue weighted by Gasteiger charge is 2.22. The number of fused-ring (bicyclic) bond motifs is 1. The lowest BCUT2D eigenvalue weighted by Gasteiger charge is -2.34. The van der Waals surface area contributed by atoms with Gasteiger partial charge >= 0.3 is 0 Å². The molecule has 1 saturated heterocycles. The number of carbonyl (C=O) groups is 1. The van der Waals surface area contributed by atoms with Crippen molar-refractivity contribution in [3.05, 3.63) is 82.7 Å². The lowest BCUT2D eigenvalue weighted by molar-refractivity contribution is 0.0627. The molecule has 7 nitrogen and oxygen atoms in total. The molecule has 0 unspecified atom stereocenters. The van der Waals surface area contributed by atoms with Crippen LogP contribution in [0, 0.1) is 0 Å². The van der Waals surface area contributed by atoms with Crippen molar-refractivity contribution in [2.75, 3.05) is 26.2 Å². The number of benzene rings is 1. The fourth-order valence-corrected chi connectivity index (χ4v) is 4.29. The summed E-state index contributed by atoms with van der Waals surface area (Å²) in [4.78, 5) is 26.0. The van der Waals surface area contributed by atoms with E-state index in [0.29, 0.717) is 25.3 Å². The Hall–Kier alpha value is -3.23. The fourth-order valence-electron chi connectivity index (χ4n) is 3.74. The van der Waals surface area contributed by atoms with Gasteiger partial charge in [-0.1, -0.05) is 6.07 Å². The predicted octanol–water partition coefficient (Wildman–Crippen LogP) is 3.33. The summed E-state index contributed by atoms with van der Waals surface area (Å²) in [5.41, 5.74) is 5.41. The van der Waals surface area contributed by atoms with Crippen molar-refractivity contribution in [3.63, 3.8) is 0 Å². The zero-order valence-electron chi connectivity index (χ0n) is 17.1. The number of amides is 1. The van der Waals surface area contributed by atoms with Crippen LogP contribution in [0.25, 0.3) is 5.65 Å². The smallest absolute Gasteiger partial charge is 0.253 e. The number of nitrogens with zero attached hydrogens (tertiary/aromatic N) is 5.